The summed E-state index contributed by atoms with van der Waals surface area (Å²) in [6.07, 6.45) is 0. The van der Waals surface area contributed by atoms with Gasteiger partial charge < -0.3 is 10.5 Å². The third-order valence-electron chi connectivity index (χ3n) is 2.10. The molecule has 1 aromatic carbocycles. The lowest BCUT2D eigenvalue weighted by molar-refractivity contribution is -0.386. The predicted octanol–water partition coefficient (Wildman–Crippen LogP) is 1.80. The number of ether oxygens (including phenoxy) is 1. The molecule has 0 fully saturated rings. The second-order valence-electron chi connectivity index (χ2n) is 3.84. The van der Waals surface area contributed by atoms with Crippen LogP contribution in [0.5, 0.6) is 5.75 Å². The van der Waals surface area contributed by atoms with Crippen LogP contribution in [0.4, 0.5) is 5.69 Å². The van der Waals surface area contributed by atoms with Crippen LogP contribution in [0, 0.1) is 10.1 Å². The maximum atomic E-state index is 10.9. The van der Waals surface area contributed by atoms with E-state index in [-0.39, 0.29) is 11.4 Å². The summed E-state index contributed by atoms with van der Waals surface area (Å²) in [7, 11) is 1.40. The Morgan fingerprint density at radius 3 is 2.47 bits per heavy atom. The fourth-order valence-corrected chi connectivity index (χ4v) is 1.40. The lowest BCUT2D eigenvalue weighted by atomic mass is 9.93. The second-order valence-corrected chi connectivity index (χ2v) is 3.84. The van der Waals surface area contributed by atoms with E-state index in [4.69, 9.17) is 10.5 Å². The Kier molecular flexibility index (Phi) is 2.95. The van der Waals surface area contributed by atoms with Gasteiger partial charge in [-0.3, -0.25) is 10.1 Å². The summed E-state index contributed by atoms with van der Waals surface area (Å²) in [6, 6.07) is 4.88. The van der Waals surface area contributed by atoms with Crippen LogP contribution in [0.25, 0.3) is 0 Å². The van der Waals surface area contributed by atoms with Crippen LogP contribution >= 0.6 is 0 Å². The molecule has 0 unspecified atom stereocenters. The van der Waals surface area contributed by atoms with Crippen LogP contribution in [-0.4, -0.2) is 12.0 Å². The van der Waals surface area contributed by atoms with Crippen molar-refractivity contribution < 1.29 is 9.66 Å². The molecule has 5 heteroatoms. The van der Waals surface area contributed by atoms with E-state index >= 15 is 0 Å². The van der Waals surface area contributed by atoms with Crippen molar-refractivity contribution in [3.05, 3.63) is 33.9 Å². The normalized spacial score (nSPS) is 11.2. The molecule has 0 radical (unpaired) electrons. The Hall–Kier alpha value is -1.62. The van der Waals surface area contributed by atoms with E-state index in [0.29, 0.717) is 5.56 Å². The van der Waals surface area contributed by atoms with Gasteiger partial charge in [-0.05, 0) is 19.9 Å². The summed E-state index contributed by atoms with van der Waals surface area (Å²) in [6.45, 7) is 3.43. The molecule has 0 saturated heterocycles. The highest BCUT2D eigenvalue weighted by atomic mass is 16.6. The van der Waals surface area contributed by atoms with Crippen LogP contribution in [0.3, 0.4) is 0 Å². The number of nitrogens with two attached hydrogens (primary N) is 1. The summed E-state index contributed by atoms with van der Waals surface area (Å²) >= 11 is 0. The number of hydrogen-bond acceptors (Lipinski definition) is 4. The van der Waals surface area contributed by atoms with Gasteiger partial charge in [0.1, 0.15) is 0 Å². The Morgan fingerprint density at radius 2 is 2.07 bits per heavy atom. The van der Waals surface area contributed by atoms with E-state index < -0.39 is 10.5 Å². The zero-order valence-electron chi connectivity index (χ0n) is 8.98. The number of benzene rings is 1. The predicted molar refractivity (Wildman–Crippen MR) is 56.9 cm³/mol. The van der Waals surface area contributed by atoms with Crippen molar-refractivity contribution in [3.63, 3.8) is 0 Å². The third kappa shape index (κ3) is 2.24. The number of nitro groups is 1. The van der Waals surface area contributed by atoms with E-state index in [1.165, 1.54) is 7.11 Å². The van der Waals surface area contributed by atoms with Crippen LogP contribution in [0.2, 0.25) is 0 Å². The van der Waals surface area contributed by atoms with Gasteiger partial charge in [0.2, 0.25) is 0 Å². The minimum Gasteiger partial charge on any atom is -0.490 e. The molecular weight excluding hydrogens is 196 g/mol. The molecule has 0 atom stereocenters. The molecule has 0 bridgehead atoms. The molecule has 2 N–H and O–H groups in total. The molecule has 0 spiro atoms. The monoisotopic (exact) mass is 210 g/mol. The highest BCUT2D eigenvalue weighted by Gasteiger charge is 2.28. The maximum absolute atomic E-state index is 10.9. The van der Waals surface area contributed by atoms with Crippen LogP contribution < -0.4 is 10.5 Å². The Labute approximate surface area is 88.0 Å². The first-order valence-corrected chi connectivity index (χ1v) is 4.48. The zero-order chi connectivity index (χ0) is 11.6. The fraction of sp³-hybridized carbons (Fsp3) is 0.400. The molecule has 0 saturated carbocycles. The van der Waals surface area contributed by atoms with Crippen molar-refractivity contribution >= 4 is 5.69 Å². The summed E-state index contributed by atoms with van der Waals surface area (Å²) in [5.41, 5.74) is 5.49. The topological polar surface area (TPSA) is 78.4 Å². The smallest absolute Gasteiger partial charge is 0.315 e. The van der Waals surface area contributed by atoms with Gasteiger partial charge in [0.05, 0.1) is 17.6 Å². The standard InChI is InChI=1S/C10H14N2O3/c1-10(2,11)7-5-4-6-8(15-3)9(7)12(13)14/h4-6H,11H2,1-3H3. The molecule has 0 aliphatic carbocycles. The van der Waals surface area contributed by atoms with Crippen molar-refractivity contribution in [2.75, 3.05) is 7.11 Å². The van der Waals surface area contributed by atoms with Gasteiger partial charge in [-0.2, -0.15) is 0 Å². The van der Waals surface area contributed by atoms with Crippen molar-refractivity contribution in [2.45, 2.75) is 19.4 Å². The number of methoxy groups -OCH3 is 1. The maximum Gasteiger partial charge on any atom is 0.315 e. The minimum atomic E-state index is -0.767. The highest BCUT2D eigenvalue weighted by molar-refractivity contribution is 5.55. The van der Waals surface area contributed by atoms with Crippen molar-refractivity contribution in [3.8, 4) is 5.75 Å². The lowest BCUT2D eigenvalue weighted by Crippen LogP contribution is -2.29. The first-order chi connectivity index (χ1) is 6.88. The first kappa shape index (κ1) is 11.5. The van der Waals surface area contributed by atoms with Crippen LogP contribution in [0.15, 0.2) is 18.2 Å². The molecule has 0 aliphatic heterocycles. The Morgan fingerprint density at radius 1 is 1.47 bits per heavy atom. The molecule has 15 heavy (non-hydrogen) atoms. The summed E-state index contributed by atoms with van der Waals surface area (Å²) in [4.78, 5) is 10.4. The molecule has 1 rings (SSSR count). The molecule has 1 aromatic rings. The van der Waals surface area contributed by atoms with E-state index in [1.807, 2.05) is 0 Å². The summed E-state index contributed by atoms with van der Waals surface area (Å²) in [5, 5.41) is 10.9. The van der Waals surface area contributed by atoms with Gasteiger partial charge >= 0.3 is 5.69 Å². The molecular formula is C10H14N2O3. The van der Waals surface area contributed by atoms with Gasteiger partial charge in [-0.15, -0.1) is 0 Å². The van der Waals surface area contributed by atoms with Crippen molar-refractivity contribution in [2.24, 2.45) is 5.73 Å². The molecule has 0 amide bonds. The fourth-order valence-electron chi connectivity index (χ4n) is 1.40. The van der Waals surface area contributed by atoms with Crippen molar-refractivity contribution in [1.82, 2.24) is 0 Å². The summed E-state index contributed by atoms with van der Waals surface area (Å²) in [5.74, 6) is 0.232. The van der Waals surface area contributed by atoms with Crippen molar-refractivity contribution in [1.29, 1.82) is 0 Å². The Balaban J connectivity index is 3.46. The first-order valence-electron chi connectivity index (χ1n) is 4.48. The van der Waals surface area contributed by atoms with Gasteiger partial charge in [0, 0.05) is 5.54 Å². The molecule has 0 heterocycles. The van der Waals surface area contributed by atoms with E-state index in [0.717, 1.165) is 0 Å². The molecule has 0 aliphatic rings. The van der Waals surface area contributed by atoms with E-state index in [1.54, 1.807) is 32.0 Å². The van der Waals surface area contributed by atoms with Gasteiger partial charge in [-0.25, -0.2) is 0 Å². The number of rotatable bonds is 3. The van der Waals surface area contributed by atoms with Gasteiger partial charge in [0.15, 0.2) is 5.75 Å². The minimum absolute atomic E-state index is 0.0625. The average molecular weight is 210 g/mol. The van der Waals surface area contributed by atoms with Crippen LogP contribution in [0.1, 0.15) is 19.4 Å². The van der Waals surface area contributed by atoms with E-state index in [9.17, 15) is 10.1 Å². The second kappa shape index (κ2) is 3.86. The largest absolute Gasteiger partial charge is 0.490 e. The molecule has 82 valence electrons. The number of para-hydroxylation sites is 1. The lowest BCUT2D eigenvalue weighted by Gasteiger charge is -2.19. The summed E-state index contributed by atoms with van der Waals surface area (Å²) < 4.78 is 4.95. The number of nitrogens with zero attached hydrogens (tertiary/aromatic N) is 1. The average Bonchev–Trinajstić information content (AvgIpc) is 2.15. The zero-order valence-corrected chi connectivity index (χ0v) is 8.98. The Bertz CT molecular complexity index is 383. The number of hydrogen-bond donors (Lipinski definition) is 1. The third-order valence-corrected chi connectivity index (χ3v) is 2.10. The molecule has 0 aromatic heterocycles. The van der Waals surface area contributed by atoms with E-state index in [2.05, 4.69) is 0 Å². The van der Waals surface area contributed by atoms with Gasteiger partial charge in [-0.1, -0.05) is 12.1 Å². The number of nitro benzene ring substituents is 1. The molecule has 5 nitrogen and oxygen atoms in total. The highest BCUT2D eigenvalue weighted by Crippen LogP contribution is 2.35. The quantitative estimate of drug-likeness (QED) is 0.609. The SMILES string of the molecule is COc1cccc(C(C)(C)N)c1[N+](=O)[O-]. The van der Waals surface area contributed by atoms with Gasteiger partial charge in [0.25, 0.3) is 0 Å². The van der Waals surface area contributed by atoms with Crippen LogP contribution in [-0.2, 0) is 5.54 Å².